The first kappa shape index (κ1) is 15.4. The lowest BCUT2D eigenvalue weighted by Gasteiger charge is -2.21. The fourth-order valence-corrected chi connectivity index (χ4v) is 1.16. The summed E-state index contributed by atoms with van der Waals surface area (Å²) in [7, 11) is 0. The van der Waals surface area contributed by atoms with E-state index in [4.69, 9.17) is 0 Å². The molecule has 0 radical (unpaired) electrons. The smallest absolute Gasteiger partial charge is 0.237 e. The van der Waals surface area contributed by atoms with E-state index in [2.05, 4.69) is 38.3 Å². The molecule has 16 heavy (non-hydrogen) atoms. The third-order valence-electron chi connectivity index (χ3n) is 3.28. The molecule has 0 spiro atoms. The van der Waals surface area contributed by atoms with Gasteiger partial charge in [0.25, 0.3) is 0 Å². The lowest BCUT2D eigenvalue weighted by Crippen LogP contribution is -2.46. The molecule has 0 aromatic rings. The van der Waals surface area contributed by atoms with Gasteiger partial charge in [0.05, 0.1) is 6.04 Å². The van der Waals surface area contributed by atoms with Gasteiger partial charge in [0.1, 0.15) is 0 Å². The number of hydrogen-bond acceptors (Lipinski definition) is 2. The molecule has 0 aromatic heterocycles. The molecule has 3 unspecified atom stereocenters. The Balaban J connectivity index is 3.88. The molecule has 3 atom stereocenters. The SMILES string of the molecule is CCC(C)NC(=O)C(C)NCC(C)C(C)C. The van der Waals surface area contributed by atoms with Gasteiger partial charge in [-0.25, -0.2) is 0 Å². The van der Waals surface area contributed by atoms with Gasteiger partial charge in [0.15, 0.2) is 0 Å². The number of nitrogens with one attached hydrogen (secondary N) is 2. The van der Waals surface area contributed by atoms with Crippen LogP contribution in [0.2, 0.25) is 0 Å². The third-order valence-corrected chi connectivity index (χ3v) is 3.28. The molecule has 0 saturated carbocycles. The van der Waals surface area contributed by atoms with Crippen molar-refractivity contribution >= 4 is 5.91 Å². The first-order chi connectivity index (χ1) is 7.38. The van der Waals surface area contributed by atoms with Crippen LogP contribution >= 0.6 is 0 Å². The zero-order valence-electron chi connectivity index (χ0n) is 11.6. The number of amides is 1. The zero-order chi connectivity index (χ0) is 12.7. The summed E-state index contributed by atoms with van der Waals surface area (Å²) in [6, 6.07) is 0.162. The van der Waals surface area contributed by atoms with Crippen LogP contribution in [0.3, 0.4) is 0 Å². The largest absolute Gasteiger partial charge is 0.352 e. The second kappa shape index (κ2) is 7.66. The van der Waals surface area contributed by atoms with Crippen molar-refractivity contribution in [3.05, 3.63) is 0 Å². The van der Waals surface area contributed by atoms with Gasteiger partial charge in [-0.05, 0) is 38.6 Å². The highest BCUT2D eigenvalue weighted by molar-refractivity contribution is 5.81. The van der Waals surface area contributed by atoms with Crippen LogP contribution in [-0.2, 0) is 4.79 Å². The molecule has 3 nitrogen and oxygen atoms in total. The van der Waals surface area contributed by atoms with Crippen molar-refractivity contribution < 1.29 is 4.79 Å². The van der Waals surface area contributed by atoms with E-state index in [0.29, 0.717) is 11.8 Å². The summed E-state index contributed by atoms with van der Waals surface area (Å²) in [6.07, 6.45) is 0.973. The van der Waals surface area contributed by atoms with Crippen LogP contribution in [0.5, 0.6) is 0 Å². The van der Waals surface area contributed by atoms with Crippen molar-refractivity contribution in [1.29, 1.82) is 0 Å². The fourth-order valence-electron chi connectivity index (χ4n) is 1.16. The summed E-state index contributed by atoms with van der Waals surface area (Å²) >= 11 is 0. The number of carbonyl (C=O) groups is 1. The normalized spacial score (nSPS) is 16.9. The van der Waals surface area contributed by atoms with E-state index in [1.165, 1.54) is 0 Å². The highest BCUT2D eigenvalue weighted by Crippen LogP contribution is 2.07. The molecule has 0 bridgehead atoms. The number of rotatable bonds is 7. The molecular weight excluding hydrogens is 200 g/mol. The molecule has 3 heteroatoms. The Hall–Kier alpha value is -0.570. The van der Waals surface area contributed by atoms with Crippen molar-refractivity contribution in [2.75, 3.05) is 6.54 Å². The predicted molar refractivity (Wildman–Crippen MR) is 69.4 cm³/mol. The van der Waals surface area contributed by atoms with E-state index in [9.17, 15) is 4.79 Å². The van der Waals surface area contributed by atoms with Crippen molar-refractivity contribution in [2.24, 2.45) is 11.8 Å². The van der Waals surface area contributed by atoms with E-state index < -0.39 is 0 Å². The van der Waals surface area contributed by atoms with Gasteiger partial charge < -0.3 is 10.6 Å². The van der Waals surface area contributed by atoms with Crippen LogP contribution < -0.4 is 10.6 Å². The minimum Gasteiger partial charge on any atom is -0.352 e. The fraction of sp³-hybridized carbons (Fsp3) is 0.923. The lowest BCUT2D eigenvalue weighted by molar-refractivity contribution is -0.123. The lowest BCUT2D eigenvalue weighted by atomic mass is 9.98. The quantitative estimate of drug-likeness (QED) is 0.701. The van der Waals surface area contributed by atoms with Gasteiger partial charge in [-0.2, -0.15) is 0 Å². The molecule has 2 N–H and O–H groups in total. The van der Waals surface area contributed by atoms with Crippen LogP contribution in [0.15, 0.2) is 0 Å². The molecule has 0 aromatic carbocycles. The minimum atomic E-state index is -0.102. The van der Waals surface area contributed by atoms with Crippen LogP contribution in [-0.4, -0.2) is 24.5 Å². The van der Waals surface area contributed by atoms with Gasteiger partial charge >= 0.3 is 0 Å². The van der Waals surface area contributed by atoms with E-state index in [-0.39, 0.29) is 18.0 Å². The minimum absolute atomic E-state index is 0.102. The van der Waals surface area contributed by atoms with E-state index in [1.807, 2.05) is 13.8 Å². The average molecular weight is 228 g/mol. The number of carbonyl (C=O) groups excluding carboxylic acids is 1. The van der Waals surface area contributed by atoms with Gasteiger partial charge in [-0.15, -0.1) is 0 Å². The topological polar surface area (TPSA) is 41.1 Å². The molecule has 0 rings (SSSR count). The van der Waals surface area contributed by atoms with Crippen molar-refractivity contribution in [3.63, 3.8) is 0 Å². The Kier molecular flexibility index (Phi) is 7.39. The highest BCUT2D eigenvalue weighted by atomic mass is 16.2. The monoisotopic (exact) mass is 228 g/mol. The average Bonchev–Trinajstić information content (AvgIpc) is 2.24. The van der Waals surface area contributed by atoms with Gasteiger partial charge in [0.2, 0.25) is 5.91 Å². The maximum absolute atomic E-state index is 11.7. The molecule has 0 saturated heterocycles. The predicted octanol–water partition coefficient (Wildman–Crippen LogP) is 2.17. The van der Waals surface area contributed by atoms with Crippen LogP contribution in [0.25, 0.3) is 0 Å². The van der Waals surface area contributed by atoms with Gasteiger partial charge in [-0.1, -0.05) is 27.7 Å². The second-order valence-electron chi connectivity index (χ2n) is 5.17. The summed E-state index contributed by atoms with van der Waals surface area (Å²) in [5.74, 6) is 1.35. The Morgan fingerprint density at radius 1 is 1.12 bits per heavy atom. The summed E-state index contributed by atoms with van der Waals surface area (Å²) in [5, 5.41) is 6.26. The molecule has 0 aliphatic carbocycles. The second-order valence-corrected chi connectivity index (χ2v) is 5.17. The van der Waals surface area contributed by atoms with E-state index >= 15 is 0 Å². The Bertz CT molecular complexity index is 204. The van der Waals surface area contributed by atoms with Crippen molar-refractivity contribution in [2.45, 2.75) is 60.0 Å². The maximum atomic E-state index is 11.7. The summed E-state index contributed by atoms with van der Waals surface area (Å²) in [5.41, 5.74) is 0. The van der Waals surface area contributed by atoms with E-state index in [1.54, 1.807) is 0 Å². The molecule has 0 aliphatic rings. The zero-order valence-corrected chi connectivity index (χ0v) is 11.6. The standard InChI is InChI=1S/C13H28N2O/c1-7-11(5)15-13(16)12(6)14-8-10(4)9(2)3/h9-12,14H,7-8H2,1-6H3,(H,15,16). The molecule has 0 aliphatic heterocycles. The summed E-state index contributed by atoms with van der Waals surface area (Å²) < 4.78 is 0. The Labute approximate surface area is 100 Å². The number of hydrogen-bond donors (Lipinski definition) is 2. The molecule has 0 fully saturated rings. The molecule has 0 heterocycles. The van der Waals surface area contributed by atoms with Gasteiger partial charge in [0, 0.05) is 6.04 Å². The van der Waals surface area contributed by atoms with Crippen LogP contribution in [0.1, 0.15) is 48.0 Å². The van der Waals surface area contributed by atoms with Crippen molar-refractivity contribution in [3.8, 4) is 0 Å². The molecule has 96 valence electrons. The van der Waals surface area contributed by atoms with Crippen LogP contribution in [0, 0.1) is 11.8 Å². The first-order valence-electron chi connectivity index (χ1n) is 6.42. The van der Waals surface area contributed by atoms with Gasteiger partial charge in [-0.3, -0.25) is 4.79 Å². The Morgan fingerprint density at radius 2 is 1.69 bits per heavy atom. The third kappa shape index (κ3) is 6.11. The summed E-state index contributed by atoms with van der Waals surface area (Å²) in [4.78, 5) is 11.7. The maximum Gasteiger partial charge on any atom is 0.237 e. The molecule has 1 amide bonds. The van der Waals surface area contributed by atoms with Crippen molar-refractivity contribution in [1.82, 2.24) is 10.6 Å². The Morgan fingerprint density at radius 3 is 2.12 bits per heavy atom. The van der Waals surface area contributed by atoms with E-state index in [0.717, 1.165) is 13.0 Å². The summed E-state index contributed by atoms with van der Waals surface area (Å²) in [6.45, 7) is 13.5. The first-order valence-corrected chi connectivity index (χ1v) is 6.42. The highest BCUT2D eigenvalue weighted by Gasteiger charge is 2.15. The molecular formula is C13H28N2O. The van der Waals surface area contributed by atoms with Crippen LogP contribution in [0.4, 0.5) is 0 Å².